The number of hydrogen-bond donors (Lipinski definition) is 1. The number of nitrogens with one attached hydrogen (secondary N) is 1. The number of amides is 1. The van der Waals surface area contributed by atoms with Crippen molar-refractivity contribution in [1.29, 1.82) is 5.26 Å². The van der Waals surface area contributed by atoms with E-state index in [1.54, 1.807) is 18.2 Å². The molecule has 3 rings (SSSR count). The summed E-state index contributed by atoms with van der Waals surface area (Å²) in [5.74, 6) is -0.0617. The Labute approximate surface area is 134 Å². The predicted molar refractivity (Wildman–Crippen MR) is 83.7 cm³/mol. The fourth-order valence-corrected chi connectivity index (χ4v) is 3.49. The van der Waals surface area contributed by atoms with Crippen molar-refractivity contribution in [2.75, 3.05) is 25.0 Å². The molecule has 116 valence electrons. The SMILES string of the molecule is N#Cc1ccc(NC(=O)CN2CCOC3CCCC32)cc1Cl. The topological polar surface area (TPSA) is 65.4 Å². The third-order valence-corrected chi connectivity index (χ3v) is 4.63. The summed E-state index contributed by atoms with van der Waals surface area (Å²) >= 11 is 5.98. The van der Waals surface area contributed by atoms with Crippen LogP contribution >= 0.6 is 11.6 Å². The first-order chi connectivity index (χ1) is 10.7. The summed E-state index contributed by atoms with van der Waals surface area (Å²) in [6.07, 6.45) is 3.64. The van der Waals surface area contributed by atoms with Crippen LogP contribution in [-0.2, 0) is 9.53 Å². The van der Waals surface area contributed by atoms with Crippen molar-refractivity contribution < 1.29 is 9.53 Å². The van der Waals surface area contributed by atoms with Crippen molar-refractivity contribution >= 4 is 23.2 Å². The number of halogens is 1. The number of carbonyl (C=O) groups is 1. The lowest BCUT2D eigenvalue weighted by molar-refractivity contribution is -0.121. The van der Waals surface area contributed by atoms with E-state index in [1.807, 2.05) is 6.07 Å². The van der Waals surface area contributed by atoms with E-state index in [9.17, 15) is 4.79 Å². The summed E-state index contributed by atoms with van der Waals surface area (Å²) in [5.41, 5.74) is 1.02. The Morgan fingerprint density at radius 2 is 2.36 bits per heavy atom. The Balaban J connectivity index is 1.60. The zero-order valence-corrected chi connectivity index (χ0v) is 13.0. The second-order valence-corrected chi connectivity index (χ2v) is 6.14. The van der Waals surface area contributed by atoms with E-state index in [0.29, 0.717) is 35.5 Å². The number of morpholine rings is 1. The van der Waals surface area contributed by atoms with Gasteiger partial charge in [0, 0.05) is 18.3 Å². The molecule has 1 aromatic rings. The van der Waals surface area contributed by atoms with Gasteiger partial charge in [0.05, 0.1) is 29.8 Å². The zero-order valence-electron chi connectivity index (χ0n) is 12.2. The molecule has 5 nitrogen and oxygen atoms in total. The minimum Gasteiger partial charge on any atom is -0.375 e. The molecule has 1 saturated carbocycles. The number of hydrogen-bond acceptors (Lipinski definition) is 4. The van der Waals surface area contributed by atoms with Crippen LogP contribution in [0, 0.1) is 11.3 Å². The number of anilines is 1. The first kappa shape index (κ1) is 15.3. The molecule has 2 fully saturated rings. The molecule has 22 heavy (non-hydrogen) atoms. The van der Waals surface area contributed by atoms with Crippen molar-refractivity contribution in [3.63, 3.8) is 0 Å². The first-order valence-corrected chi connectivity index (χ1v) is 7.90. The molecule has 0 bridgehead atoms. The number of ether oxygens (including phenoxy) is 1. The van der Waals surface area contributed by atoms with Crippen LogP contribution < -0.4 is 5.32 Å². The highest BCUT2D eigenvalue weighted by molar-refractivity contribution is 6.32. The Hall–Kier alpha value is -1.61. The van der Waals surface area contributed by atoms with Crippen molar-refractivity contribution in [3.05, 3.63) is 28.8 Å². The Kier molecular flexibility index (Phi) is 4.63. The van der Waals surface area contributed by atoms with Gasteiger partial charge < -0.3 is 10.1 Å². The molecule has 0 spiro atoms. The molecule has 2 atom stereocenters. The van der Waals surface area contributed by atoms with Crippen LogP contribution in [0.2, 0.25) is 5.02 Å². The number of fused-ring (bicyclic) bond motifs is 1. The van der Waals surface area contributed by atoms with E-state index in [-0.39, 0.29) is 12.0 Å². The van der Waals surface area contributed by atoms with Gasteiger partial charge in [-0.2, -0.15) is 5.26 Å². The van der Waals surface area contributed by atoms with E-state index in [1.165, 1.54) is 6.42 Å². The predicted octanol–water partition coefficient (Wildman–Crippen LogP) is 2.40. The molecule has 1 N–H and O–H groups in total. The third-order valence-electron chi connectivity index (χ3n) is 4.32. The summed E-state index contributed by atoms with van der Waals surface area (Å²) in [6.45, 7) is 1.85. The van der Waals surface area contributed by atoms with Gasteiger partial charge in [-0.3, -0.25) is 9.69 Å². The van der Waals surface area contributed by atoms with E-state index in [4.69, 9.17) is 21.6 Å². The number of rotatable bonds is 3. The van der Waals surface area contributed by atoms with E-state index in [0.717, 1.165) is 19.4 Å². The lowest BCUT2D eigenvalue weighted by Gasteiger charge is -2.37. The summed E-state index contributed by atoms with van der Waals surface area (Å²) in [4.78, 5) is 14.4. The largest absolute Gasteiger partial charge is 0.375 e. The van der Waals surface area contributed by atoms with Crippen molar-refractivity contribution in [1.82, 2.24) is 4.90 Å². The van der Waals surface area contributed by atoms with Crippen molar-refractivity contribution in [2.24, 2.45) is 0 Å². The van der Waals surface area contributed by atoms with Crippen molar-refractivity contribution in [2.45, 2.75) is 31.4 Å². The molecule has 0 radical (unpaired) electrons. The van der Waals surface area contributed by atoms with Crippen LogP contribution in [0.4, 0.5) is 5.69 Å². The molecule has 1 aliphatic heterocycles. The summed E-state index contributed by atoms with van der Waals surface area (Å²) in [7, 11) is 0. The second-order valence-electron chi connectivity index (χ2n) is 5.73. The number of nitriles is 1. The van der Waals surface area contributed by atoms with Crippen LogP contribution in [0.15, 0.2) is 18.2 Å². The minimum absolute atomic E-state index is 0.0617. The van der Waals surface area contributed by atoms with Gasteiger partial charge in [-0.15, -0.1) is 0 Å². The van der Waals surface area contributed by atoms with Gasteiger partial charge in [0.25, 0.3) is 0 Å². The number of carbonyl (C=O) groups excluding carboxylic acids is 1. The average Bonchev–Trinajstić information content (AvgIpc) is 2.97. The average molecular weight is 320 g/mol. The molecule has 1 heterocycles. The Bertz CT molecular complexity index is 614. The van der Waals surface area contributed by atoms with Gasteiger partial charge >= 0.3 is 0 Å². The third kappa shape index (κ3) is 3.25. The molecule has 1 saturated heterocycles. The monoisotopic (exact) mass is 319 g/mol. The lowest BCUT2D eigenvalue weighted by atomic mass is 10.1. The molecule has 1 aliphatic carbocycles. The summed E-state index contributed by atoms with van der Waals surface area (Å²) in [5, 5.41) is 12.0. The van der Waals surface area contributed by atoms with Gasteiger partial charge in [-0.25, -0.2) is 0 Å². The highest BCUT2D eigenvalue weighted by atomic mass is 35.5. The van der Waals surface area contributed by atoms with Gasteiger partial charge in [0.15, 0.2) is 0 Å². The van der Waals surface area contributed by atoms with Gasteiger partial charge in [0.1, 0.15) is 6.07 Å². The fourth-order valence-electron chi connectivity index (χ4n) is 3.27. The first-order valence-electron chi connectivity index (χ1n) is 7.52. The molecule has 1 aromatic carbocycles. The summed E-state index contributed by atoms with van der Waals surface area (Å²) in [6, 6.07) is 7.28. The maximum absolute atomic E-state index is 12.2. The number of benzene rings is 1. The van der Waals surface area contributed by atoms with Crippen LogP contribution in [0.5, 0.6) is 0 Å². The standard InChI is InChI=1S/C16H18ClN3O2/c17-13-8-12(5-4-11(13)9-18)19-16(21)10-20-6-7-22-15-3-1-2-14(15)20/h4-5,8,14-15H,1-3,6-7,10H2,(H,19,21). The molecule has 2 unspecified atom stereocenters. The van der Waals surface area contributed by atoms with Crippen LogP contribution in [0.25, 0.3) is 0 Å². The van der Waals surface area contributed by atoms with Gasteiger partial charge in [-0.05, 0) is 37.5 Å². The molecule has 6 heteroatoms. The fraction of sp³-hybridized carbons (Fsp3) is 0.500. The Morgan fingerprint density at radius 3 is 3.14 bits per heavy atom. The van der Waals surface area contributed by atoms with Gasteiger partial charge in [-0.1, -0.05) is 11.6 Å². The normalized spacial score (nSPS) is 24.5. The van der Waals surface area contributed by atoms with E-state index >= 15 is 0 Å². The quantitative estimate of drug-likeness (QED) is 0.929. The molecular formula is C16H18ClN3O2. The lowest BCUT2D eigenvalue weighted by Crippen LogP contribution is -2.51. The van der Waals surface area contributed by atoms with E-state index in [2.05, 4.69) is 10.2 Å². The maximum Gasteiger partial charge on any atom is 0.238 e. The molecule has 1 amide bonds. The van der Waals surface area contributed by atoms with Crippen molar-refractivity contribution in [3.8, 4) is 6.07 Å². The van der Waals surface area contributed by atoms with E-state index < -0.39 is 0 Å². The maximum atomic E-state index is 12.2. The molecule has 0 aromatic heterocycles. The minimum atomic E-state index is -0.0617. The smallest absolute Gasteiger partial charge is 0.238 e. The molecular weight excluding hydrogens is 302 g/mol. The highest BCUT2D eigenvalue weighted by Crippen LogP contribution is 2.29. The summed E-state index contributed by atoms with van der Waals surface area (Å²) < 4.78 is 5.75. The number of nitrogens with zero attached hydrogens (tertiary/aromatic N) is 2. The van der Waals surface area contributed by atoms with Crippen LogP contribution in [0.1, 0.15) is 24.8 Å². The van der Waals surface area contributed by atoms with Crippen LogP contribution in [-0.4, -0.2) is 42.6 Å². The van der Waals surface area contributed by atoms with Gasteiger partial charge in [0.2, 0.25) is 5.91 Å². The Morgan fingerprint density at radius 1 is 1.50 bits per heavy atom. The van der Waals surface area contributed by atoms with Crippen LogP contribution in [0.3, 0.4) is 0 Å². The zero-order chi connectivity index (χ0) is 15.5. The second kappa shape index (κ2) is 6.66. The molecule has 2 aliphatic rings. The highest BCUT2D eigenvalue weighted by Gasteiger charge is 2.36.